The van der Waals surface area contributed by atoms with Crippen molar-refractivity contribution in [2.45, 2.75) is 26.3 Å². The zero-order chi connectivity index (χ0) is 13.3. The minimum Gasteiger partial charge on any atom is -0.394 e. The normalized spacial score (nSPS) is 12.8. The Labute approximate surface area is 104 Å². The standard InChI is InChI=1S/C12H15N3O3/c1-3-9(7-16)14-8(2)13-11-6-10(15(17)18)4-5-12(11)14/h4-6,9,16H,3,7H2,1-2H3/t9-/m0/s1. The average molecular weight is 249 g/mol. The molecule has 0 spiro atoms. The lowest BCUT2D eigenvalue weighted by atomic mass is 10.2. The van der Waals surface area contributed by atoms with Gasteiger partial charge in [0.1, 0.15) is 5.82 Å². The van der Waals surface area contributed by atoms with Crippen molar-refractivity contribution in [1.82, 2.24) is 9.55 Å². The highest BCUT2D eigenvalue weighted by atomic mass is 16.6. The van der Waals surface area contributed by atoms with Crippen molar-refractivity contribution in [3.8, 4) is 0 Å². The van der Waals surface area contributed by atoms with Crippen molar-refractivity contribution in [2.75, 3.05) is 6.61 Å². The lowest BCUT2D eigenvalue weighted by Gasteiger charge is -2.16. The number of aliphatic hydroxyl groups is 1. The van der Waals surface area contributed by atoms with Gasteiger partial charge in [0.15, 0.2) is 0 Å². The van der Waals surface area contributed by atoms with E-state index in [0.717, 1.165) is 17.8 Å². The molecule has 1 aromatic carbocycles. The Morgan fingerprint density at radius 3 is 2.83 bits per heavy atom. The van der Waals surface area contributed by atoms with Crippen LogP contribution in [0.3, 0.4) is 0 Å². The SMILES string of the molecule is CC[C@@H](CO)n1c(C)nc2cc([N+](=O)[O-])ccc21. The van der Waals surface area contributed by atoms with Crippen molar-refractivity contribution in [2.24, 2.45) is 0 Å². The quantitative estimate of drug-likeness (QED) is 0.665. The molecule has 1 atom stereocenters. The van der Waals surface area contributed by atoms with Gasteiger partial charge in [-0.2, -0.15) is 0 Å². The maximum atomic E-state index is 10.7. The van der Waals surface area contributed by atoms with Crippen LogP contribution in [0.4, 0.5) is 5.69 Å². The van der Waals surface area contributed by atoms with E-state index in [2.05, 4.69) is 4.98 Å². The zero-order valence-electron chi connectivity index (χ0n) is 10.3. The van der Waals surface area contributed by atoms with Crippen LogP contribution >= 0.6 is 0 Å². The summed E-state index contributed by atoms with van der Waals surface area (Å²) in [5.74, 6) is 0.756. The smallest absolute Gasteiger partial charge is 0.271 e. The van der Waals surface area contributed by atoms with Gasteiger partial charge in [0.05, 0.1) is 28.6 Å². The van der Waals surface area contributed by atoms with Gasteiger partial charge in [0, 0.05) is 12.1 Å². The third-order valence-electron chi connectivity index (χ3n) is 3.11. The van der Waals surface area contributed by atoms with Gasteiger partial charge < -0.3 is 9.67 Å². The molecule has 0 radical (unpaired) electrons. The molecule has 0 aliphatic rings. The maximum absolute atomic E-state index is 10.7. The molecule has 0 bridgehead atoms. The fraction of sp³-hybridized carbons (Fsp3) is 0.417. The molecule has 1 heterocycles. The van der Waals surface area contributed by atoms with Gasteiger partial charge in [-0.3, -0.25) is 10.1 Å². The number of non-ortho nitro benzene ring substituents is 1. The number of aromatic nitrogens is 2. The van der Waals surface area contributed by atoms with Crippen LogP contribution in [-0.2, 0) is 0 Å². The molecule has 0 fully saturated rings. The van der Waals surface area contributed by atoms with E-state index in [9.17, 15) is 15.2 Å². The molecule has 2 rings (SSSR count). The molecule has 0 aliphatic carbocycles. The summed E-state index contributed by atoms with van der Waals surface area (Å²) >= 11 is 0. The number of nitro benzene ring substituents is 1. The van der Waals surface area contributed by atoms with Crippen LogP contribution in [-0.4, -0.2) is 26.2 Å². The van der Waals surface area contributed by atoms with Crippen LogP contribution in [0.15, 0.2) is 18.2 Å². The molecule has 0 aliphatic heterocycles. The fourth-order valence-electron chi connectivity index (χ4n) is 2.18. The second-order valence-corrected chi connectivity index (χ2v) is 4.20. The molecule has 1 N–H and O–H groups in total. The molecule has 18 heavy (non-hydrogen) atoms. The maximum Gasteiger partial charge on any atom is 0.271 e. The topological polar surface area (TPSA) is 81.2 Å². The Bertz CT molecular complexity index is 588. The number of hydrogen-bond acceptors (Lipinski definition) is 4. The van der Waals surface area contributed by atoms with E-state index in [-0.39, 0.29) is 18.3 Å². The molecule has 0 unspecified atom stereocenters. The van der Waals surface area contributed by atoms with Crippen molar-refractivity contribution in [3.63, 3.8) is 0 Å². The van der Waals surface area contributed by atoms with E-state index in [0.29, 0.717) is 5.52 Å². The van der Waals surface area contributed by atoms with Crippen LogP contribution in [0.25, 0.3) is 11.0 Å². The fourth-order valence-corrected chi connectivity index (χ4v) is 2.18. The first-order valence-electron chi connectivity index (χ1n) is 5.82. The molecule has 96 valence electrons. The van der Waals surface area contributed by atoms with Crippen LogP contribution in [0, 0.1) is 17.0 Å². The molecular weight excluding hydrogens is 234 g/mol. The highest BCUT2D eigenvalue weighted by Gasteiger charge is 2.17. The largest absolute Gasteiger partial charge is 0.394 e. The summed E-state index contributed by atoms with van der Waals surface area (Å²) in [7, 11) is 0. The lowest BCUT2D eigenvalue weighted by molar-refractivity contribution is -0.384. The number of hydrogen-bond donors (Lipinski definition) is 1. The number of imidazole rings is 1. The molecular formula is C12H15N3O3. The van der Waals surface area contributed by atoms with Gasteiger partial charge >= 0.3 is 0 Å². The molecule has 0 saturated heterocycles. The van der Waals surface area contributed by atoms with Crippen LogP contribution in [0.2, 0.25) is 0 Å². The lowest BCUT2D eigenvalue weighted by Crippen LogP contribution is -2.13. The average Bonchev–Trinajstić information content (AvgIpc) is 2.67. The molecule has 0 saturated carbocycles. The highest BCUT2D eigenvalue weighted by molar-refractivity contribution is 5.78. The number of nitro groups is 1. The van der Waals surface area contributed by atoms with Gasteiger partial charge in [-0.05, 0) is 19.4 Å². The summed E-state index contributed by atoms with van der Waals surface area (Å²) in [5.41, 5.74) is 1.44. The summed E-state index contributed by atoms with van der Waals surface area (Å²) in [4.78, 5) is 14.6. The molecule has 1 aromatic heterocycles. The Morgan fingerprint density at radius 1 is 1.56 bits per heavy atom. The van der Waals surface area contributed by atoms with Crippen LogP contribution in [0.1, 0.15) is 25.2 Å². The second-order valence-electron chi connectivity index (χ2n) is 4.20. The number of nitrogens with zero attached hydrogens (tertiary/aromatic N) is 3. The third kappa shape index (κ3) is 1.95. The van der Waals surface area contributed by atoms with Crippen molar-refractivity contribution < 1.29 is 10.0 Å². The minimum atomic E-state index is -0.433. The van der Waals surface area contributed by atoms with E-state index in [1.54, 1.807) is 6.07 Å². The Morgan fingerprint density at radius 2 is 2.28 bits per heavy atom. The molecule has 6 nitrogen and oxygen atoms in total. The van der Waals surface area contributed by atoms with Crippen LogP contribution < -0.4 is 0 Å². The van der Waals surface area contributed by atoms with E-state index < -0.39 is 4.92 Å². The number of aryl methyl sites for hydroxylation is 1. The van der Waals surface area contributed by atoms with Gasteiger partial charge in [-0.1, -0.05) is 6.92 Å². The summed E-state index contributed by atoms with van der Waals surface area (Å²) < 4.78 is 1.93. The Kier molecular flexibility index (Phi) is 3.29. The number of rotatable bonds is 4. The van der Waals surface area contributed by atoms with Crippen molar-refractivity contribution >= 4 is 16.7 Å². The van der Waals surface area contributed by atoms with E-state index in [1.807, 2.05) is 18.4 Å². The predicted octanol–water partition coefficient (Wildman–Crippen LogP) is 2.20. The van der Waals surface area contributed by atoms with Gasteiger partial charge in [0.2, 0.25) is 0 Å². The summed E-state index contributed by atoms with van der Waals surface area (Å²) in [6.07, 6.45) is 0.778. The number of benzene rings is 1. The van der Waals surface area contributed by atoms with Crippen LogP contribution in [0.5, 0.6) is 0 Å². The summed E-state index contributed by atoms with van der Waals surface area (Å²) in [6.45, 7) is 3.85. The second kappa shape index (κ2) is 4.73. The van der Waals surface area contributed by atoms with Crippen molar-refractivity contribution in [1.29, 1.82) is 0 Å². The van der Waals surface area contributed by atoms with E-state index >= 15 is 0 Å². The first-order valence-corrected chi connectivity index (χ1v) is 5.82. The van der Waals surface area contributed by atoms with Crippen molar-refractivity contribution in [3.05, 3.63) is 34.1 Å². The molecule has 6 heteroatoms. The van der Waals surface area contributed by atoms with Gasteiger partial charge in [-0.25, -0.2) is 4.98 Å². The monoisotopic (exact) mass is 249 g/mol. The molecule has 2 aromatic rings. The molecule has 0 amide bonds. The first kappa shape index (κ1) is 12.5. The van der Waals surface area contributed by atoms with Gasteiger partial charge in [0.25, 0.3) is 5.69 Å². The summed E-state index contributed by atoms with van der Waals surface area (Å²) in [6, 6.07) is 4.56. The first-order chi connectivity index (χ1) is 8.58. The number of aliphatic hydroxyl groups excluding tert-OH is 1. The summed E-state index contributed by atoms with van der Waals surface area (Å²) in [5, 5.41) is 20.1. The Hall–Kier alpha value is -1.95. The number of fused-ring (bicyclic) bond motifs is 1. The predicted molar refractivity (Wildman–Crippen MR) is 67.5 cm³/mol. The van der Waals surface area contributed by atoms with Gasteiger partial charge in [-0.15, -0.1) is 0 Å². The Balaban J connectivity index is 2.62. The zero-order valence-corrected chi connectivity index (χ0v) is 10.3. The van der Waals surface area contributed by atoms with E-state index in [1.165, 1.54) is 12.1 Å². The highest BCUT2D eigenvalue weighted by Crippen LogP contribution is 2.25. The minimum absolute atomic E-state index is 0.0276. The third-order valence-corrected chi connectivity index (χ3v) is 3.11. The van der Waals surface area contributed by atoms with E-state index in [4.69, 9.17) is 0 Å².